The number of aromatic nitrogens is 3. The summed E-state index contributed by atoms with van der Waals surface area (Å²) in [6.07, 6.45) is 2.11. The molecule has 6 heteroatoms. The molecule has 0 radical (unpaired) electrons. The fraction of sp³-hybridized carbons (Fsp3) is 0.385. The van der Waals surface area contributed by atoms with Crippen molar-refractivity contribution in [2.24, 2.45) is 0 Å². The summed E-state index contributed by atoms with van der Waals surface area (Å²) in [5.41, 5.74) is 0. The van der Waals surface area contributed by atoms with Crippen molar-refractivity contribution < 1.29 is 9.47 Å². The Labute approximate surface area is 115 Å². The number of para-hydroxylation sites is 2. The normalized spacial score (nSPS) is 21.4. The third-order valence-electron chi connectivity index (χ3n) is 3.44. The van der Waals surface area contributed by atoms with E-state index in [1.165, 1.54) is 0 Å². The van der Waals surface area contributed by atoms with Crippen molar-refractivity contribution in [3.63, 3.8) is 0 Å². The van der Waals surface area contributed by atoms with E-state index in [0.29, 0.717) is 17.4 Å². The van der Waals surface area contributed by atoms with E-state index in [2.05, 4.69) is 14.8 Å². The molecule has 0 spiro atoms. The minimum atomic E-state index is -0.205. The quantitative estimate of drug-likeness (QED) is 0.856. The molecule has 2 heterocycles. The number of fused-ring (bicyclic) bond motifs is 1. The number of H-pyrrole nitrogens is 1. The molecule has 1 aromatic carbocycles. The van der Waals surface area contributed by atoms with Crippen LogP contribution in [0.4, 0.5) is 0 Å². The van der Waals surface area contributed by atoms with E-state index in [9.17, 15) is 0 Å². The average Bonchev–Trinajstić information content (AvgIpc) is 3.21. The van der Waals surface area contributed by atoms with Crippen LogP contribution >= 0.6 is 12.2 Å². The molecule has 2 aliphatic rings. The smallest absolute Gasteiger partial charge is 0.195 e. The fourth-order valence-corrected chi connectivity index (χ4v) is 2.66. The van der Waals surface area contributed by atoms with Crippen molar-refractivity contribution in [2.75, 3.05) is 6.61 Å². The monoisotopic (exact) mass is 275 g/mol. The minimum absolute atomic E-state index is 0.205. The van der Waals surface area contributed by atoms with Crippen molar-refractivity contribution in [3.8, 4) is 11.5 Å². The van der Waals surface area contributed by atoms with Crippen molar-refractivity contribution in [3.05, 3.63) is 34.9 Å². The van der Waals surface area contributed by atoms with Crippen LogP contribution in [-0.4, -0.2) is 21.4 Å². The lowest BCUT2D eigenvalue weighted by Crippen LogP contribution is -2.24. The maximum absolute atomic E-state index is 5.98. The summed E-state index contributed by atoms with van der Waals surface area (Å²) in [7, 11) is 0. The molecule has 1 aromatic heterocycles. The molecule has 5 nitrogen and oxygen atoms in total. The molecule has 0 bridgehead atoms. The predicted octanol–water partition coefficient (Wildman–Crippen LogP) is 2.79. The van der Waals surface area contributed by atoms with Gasteiger partial charge in [-0.3, -0.25) is 9.67 Å². The standard InChI is InChI=1S/C13H13N3O2S/c19-13-15-14-12(16(13)8-5-6-8)11-7-17-9-3-1-2-4-10(9)18-11/h1-4,8,11H,5-7H2,(H,15,19). The second-order valence-electron chi connectivity index (χ2n) is 4.85. The molecular formula is C13H13N3O2S. The molecule has 2 aromatic rings. The first-order chi connectivity index (χ1) is 9.33. The van der Waals surface area contributed by atoms with Crippen LogP contribution in [0.25, 0.3) is 0 Å². The van der Waals surface area contributed by atoms with E-state index < -0.39 is 0 Å². The third kappa shape index (κ3) is 1.83. The first-order valence-corrected chi connectivity index (χ1v) is 6.79. The van der Waals surface area contributed by atoms with Gasteiger partial charge < -0.3 is 9.47 Å². The lowest BCUT2D eigenvalue weighted by molar-refractivity contribution is 0.0820. The molecule has 1 aliphatic heterocycles. The van der Waals surface area contributed by atoms with Gasteiger partial charge in [-0.25, -0.2) is 0 Å². The van der Waals surface area contributed by atoms with Crippen molar-refractivity contribution in [1.82, 2.24) is 14.8 Å². The highest BCUT2D eigenvalue weighted by atomic mass is 32.1. The molecule has 1 N–H and O–H groups in total. The summed E-state index contributed by atoms with van der Waals surface area (Å²) in [6, 6.07) is 8.15. The predicted molar refractivity (Wildman–Crippen MR) is 71.0 cm³/mol. The van der Waals surface area contributed by atoms with Gasteiger partial charge in [0.2, 0.25) is 0 Å². The van der Waals surface area contributed by atoms with Crippen LogP contribution in [0.1, 0.15) is 30.8 Å². The van der Waals surface area contributed by atoms with E-state index in [0.717, 1.165) is 30.2 Å². The molecule has 1 saturated carbocycles. The molecule has 4 rings (SSSR count). The van der Waals surface area contributed by atoms with Crippen molar-refractivity contribution in [1.29, 1.82) is 0 Å². The van der Waals surface area contributed by atoms with Crippen LogP contribution in [0.3, 0.4) is 0 Å². The lowest BCUT2D eigenvalue weighted by Gasteiger charge is -2.26. The zero-order chi connectivity index (χ0) is 12.8. The summed E-state index contributed by atoms with van der Waals surface area (Å²) in [5.74, 6) is 2.38. The van der Waals surface area contributed by atoms with Gasteiger partial charge in [0.25, 0.3) is 0 Å². The fourth-order valence-electron chi connectivity index (χ4n) is 2.38. The Kier molecular flexibility index (Phi) is 2.38. The lowest BCUT2D eigenvalue weighted by atomic mass is 10.2. The van der Waals surface area contributed by atoms with E-state index in [1.54, 1.807) is 0 Å². The number of benzene rings is 1. The molecule has 0 amide bonds. The van der Waals surface area contributed by atoms with Crippen LogP contribution in [0, 0.1) is 4.77 Å². The Hall–Kier alpha value is -1.82. The zero-order valence-corrected chi connectivity index (χ0v) is 11.0. The van der Waals surface area contributed by atoms with Crippen molar-refractivity contribution >= 4 is 12.2 Å². The summed E-state index contributed by atoms with van der Waals surface area (Å²) in [5, 5.41) is 7.17. The van der Waals surface area contributed by atoms with Gasteiger partial charge in [-0.05, 0) is 37.2 Å². The number of hydrogen-bond donors (Lipinski definition) is 1. The summed E-state index contributed by atoms with van der Waals surface area (Å²) >= 11 is 5.28. The number of rotatable bonds is 2. The zero-order valence-electron chi connectivity index (χ0n) is 10.2. The van der Waals surface area contributed by atoms with E-state index in [-0.39, 0.29) is 6.10 Å². The van der Waals surface area contributed by atoms with Gasteiger partial charge in [0, 0.05) is 6.04 Å². The molecule has 1 fully saturated rings. The average molecular weight is 275 g/mol. The van der Waals surface area contributed by atoms with Gasteiger partial charge in [0.05, 0.1) is 0 Å². The molecule has 1 aliphatic carbocycles. The van der Waals surface area contributed by atoms with Gasteiger partial charge in [0.15, 0.2) is 28.2 Å². The highest BCUT2D eigenvalue weighted by Crippen LogP contribution is 2.40. The molecule has 98 valence electrons. The maximum Gasteiger partial charge on any atom is 0.195 e. The van der Waals surface area contributed by atoms with Gasteiger partial charge in [-0.1, -0.05) is 12.1 Å². The Morgan fingerprint density at radius 3 is 2.84 bits per heavy atom. The van der Waals surface area contributed by atoms with Gasteiger partial charge in [-0.2, -0.15) is 5.10 Å². The highest BCUT2D eigenvalue weighted by molar-refractivity contribution is 7.71. The summed E-state index contributed by atoms with van der Waals surface area (Å²) < 4.78 is 14.4. The SMILES string of the molecule is S=c1[nH]nc(C2COc3ccccc3O2)n1C1CC1. The summed E-state index contributed by atoms with van der Waals surface area (Å²) in [6.45, 7) is 0.462. The van der Waals surface area contributed by atoms with Crippen LogP contribution in [0.5, 0.6) is 11.5 Å². The highest BCUT2D eigenvalue weighted by Gasteiger charge is 2.33. The number of aromatic amines is 1. The minimum Gasteiger partial charge on any atom is -0.485 e. The Bertz CT molecular complexity index is 675. The Morgan fingerprint density at radius 1 is 1.26 bits per heavy atom. The maximum atomic E-state index is 5.98. The number of nitrogens with one attached hydrogen (secondary N) is 1. The summed E-state index contributed by atoms with van der Waals surface area (Å²) in [4.78, 5) is 0. The number of nitrogens with zero attached hydrogens (tertiary/aromatic N) is 2. The second-order valence-corrected chi connectivity index (χ2v) is 5.24. The molecule has 19 heavy (non-hydrogen) atoms. The first-order valence-electron chi connectivity index (χ1n) is 6.38. The van der Waals surface area contributed by atoms with Gasteiger partial charge in [0.1, 0.15) is 6.61 Å². The second kappa shape index (κ2) is 4.09. The Morgan fingerprint density at radius 2 is 2.05 bits per heavy atom. The molecular weight excluding hydrogens is 262 g/mol. The third-order valence-corrected chi connectivity index (χ3v) is 3.73. The Balaban J connectivity index is 1.70. The van der Waals surface area contributed by atoms with Crippen LogP contribution in [0.15, 0.2) is 24.3 Å². The van der Waals surface area contributed by atoms with E-state index in [4.69, 9.17) is 21.7 Å². The van der Waals surface area contributed by atoms with Crippen LogP contribution < -0.4 is 9.47 Å². The first kappa shape index (κ1) is 11.0. The topological polar surface area (TPSA) is 52.1 Å². The van der Waals surface area contributed by atoms with Gasteiger partial charge in [-0.15, -0.1) is 0 Å². The van der Waals surface area contributed by atoms with E-state index >= 15 is 0 Å². The van der Waals surface area contributed by atoms with E-state index in [1.807, 2.05) is 24.3 Å². The van der Waals surface area contributed by atoms with Crippen molar-refractivity contribution in [2.45, 2.75) is 25.0 Å². The molecule has 1 atom stereocenters. The largest absolute Gasteiger partial charge is 0.485 e. The van der Waals surface area contributed by atoms with Gasteiger partial charge >= 0.3 is 0 Å². The number of hydrogen-bond acceptors (Lipinski definition) is 4. The molecule has 0 saturated heterocycles. The number of ether oxygens (including phenoxy) is 2. The van der Waals surface area contributed by atoms with Crippen LogP contribution in [0.2, 0.25) is 0 Å². The van der Waals surface area contributed by atoms with Crippen LogP contribution in [-0.2, 0) is 0 Å². The molecule has 1 unspecified atom stereocenters.